The molecule has 1 rings (SSSR count). The molecule has 0 saturated heterocycles. The topological polar surface area (TPSA) is 34.9 Å². The van der Waals surface area contributed by atoms with Crippen LogP contribution < -0.4 is 0 Å². The fraction of sp³-hybridized carbons (Fsp3) is 0.692. The Labute approximate surface area is 108 Å². The third-order valence-electron chi connectivity index (χ3n) is 3.09. The average Bonchev–Trinajstić information content (AvgIpc) is 2.56. The first-order valence-electron chi connectivity index (χ1n) is 6.23. The van der Waals surface area contributed by atoms with E-state index in [1.165, 1.54) is 0 Å². The van der Waals surface area contributed by atoms with Gasteiger partial charge in [0.25, 0.3) is 0 Å². The molecule has 0 aromatic carbocycles. The number of halogens is 1. The van der Waals surface area contributed by atoms with Crippen molar-refractivity contribution in [3.63, 3.8) is 0 Å². The number of hydrogen-bond acceptors (Lipinski definition) is 2. The molecule has 0 N–H and O–H groups in total. The first kappa shape index (κ1) is 14.2. The summed E-state index contributed by atoms with van der Waals surface area (Å²) in [5.41, 5.74) is 1.67. The van der Waals surface area contributed by atoms with Gasteiger partial charge < -0.3 is 0 Å². The van der Waals surface area contributed by atoms with Crippen LogP contribution >= 0.6 is 11.6 Å². The molecule has 0 aliphatic carbocycles. The van der Waals surface area contributed by atoms with Crippen molar-refractivity contribution in [3.05, 3.63) is 16.4 Å². The van der Waals surface area contributed by atoms with E-state index in [-0.39, 0.29) is 5.78 Å². The molecule has 1 heterocycles. The van der Waals surface area contributed by atoms with E-state index in [9.17, 15) is 4.79 Å². The Hall–Kier alpha value is -0.830. The van der Waals surface area contributed by atoms with E-state index in [2.05, 4.69) is 18.9 Å². The maximum absolute atomic E-state index is 11.9. The van der Waals surface area contributed by atoms with Crippen LogP contribution in [0.25, 0.3) is 0 Å². The Balaban J connectivity index is 2.77. The van der Waals surface area contributed by atoms with Gasteiger partial charge in [0.05, 0.1) is 16.4 Å². The number of aryl methyl sites for hydroxylation is 2. The summed E-state index contributed by atoms with van der Waals surface area (Å²) in [5, 5.41) is 4.96. The summed E-state index contributed by atoms with van der Waals surface area (Å²) >= 11 is 6.17. The maximum atomic E-state index is 11.9. The van der Waals surface area contributed by atoms with Crippen LogP contribution in [0.15, 0.2) is 0 Å². The standard InChI is InChI=1S/C13H21ClN2O/c1-5-9(3)7-11(17)8-12-13(14)10(4)15-16(12)6-2/h9H,5-8H2,1-4H3. The van der Waals surface area contributed by atoms with Crippen LogP contribution in [-0.2, 0) is 17.8 Å². The van der Waals surface area contributed by atoms with Gasteiger partial charge in [-0.3, -0.25) is 9.48 Å². The highest BCUT2D eigenvalue weighted by Crippen LogP contribution is 2.22. The zero-order chi connectivity index (χ0) is 13.0. The fourth-order valence-electron chi connectivity index (χ4n) is 1.83. The minimum absolute atomic E-state index is 0.246. The van der Waals surface area contributed by atoms with Crippen molar-refractivity contribution in [2.45, 2.75) is 53.5 Å². The van der Waals surface area contributed by atoms with Crippen LogP contribution in [-0.4, -0.2) is 15.6 Å². The van der Waals surface area contributed by atoms with Gasteiger partial charge in [-0.05, 0) is 19.8 Å². The summed E-state index contributed by atoms with van der Waals surface area (Å²) < 4.78 is 1.83. The lowest BCUT2D eigenvalue weighted by atomic mass is 9.99. The van der Waals surface area contributed by atoms with Gasteiger partial charge in [-0.1, -0.05) is 31.9 Å². The Kier molecular flexibility index (Phi) is 5.19. The number of ketones is 1. The predicted octanol–water partition coefficient (Wildman–Crippen LogP) is 3.41. The Morgan fingerprint density at radius 3 is 2.65 bits per heavy atom. The molecule has 0 saturated carbocycles. The molecule has 0 fully saturated rings. The molecule has 0 amide bonds. The summed E-state index contributed by atoms with van der Waals surface area (Å²) in [6, 6.07) is 0. The van der Waals surface area contributed by atoms with Crippen molar-refractivity contribution in [2.24, 2.45) is 5.92 Å². The zero-order valence-electron chi connectivity index (χ0n) is 11.1. The molecular weight excluding hydrogens is 236 g/mol. The monoisotopic (exact) mass is 256 g/mol. The molecule has 0 spiro atoms. The summed E-state index contributed by atoms with van der Waals surface area (Å²) in [4.78, 5) is 11.9. The Bertz CT molecular complexity index is 398. The van der Waals surface area contributed by atoms with Crippen LogP contribution in [0.2, 0.25) is 5.02 Å². The highest BCUT2D eigenvalue weighted by atomic mass is 35.5. The Morgan fingerprint density at radius 1 is 1.47 bits per heavy atom. The number of aromatic nitrogens is 2. The fourth-order valence-corrected chi connectivity index (χ4v) is 2.03. The smallest absolute Gasteiger partial charge is 0.139 e. The third kappa shape index (κ3) is 3.56. The average molecular weight is 257 g/mol. The highest BCUT2D eigenvalue weighted by Gasteiger charge is 2.16. The van der Waals surface area contributed by atoms with Gasteiger partial charge in [-0.2, -0.15) is 5.10 Å². The molecule has 1 atom stereocenters. The number of carbonyl (C=O) groups excluding carboxylic acids is 1. The van der Waals surface area contributed by atoms with Crippen molar-refractivity contribution < 1.29 is 4.79 Å². The molecule has 1 aromatic heterocycles. The second kappa shape index (κ2) is 6.20. The van der Waals surface area contributed by atoms with Gasteiger partial charge >= 0.3 is 0 Å². The Morgan fingerprint density at radius 2 is 2.12 bits per heavy atom. The largest absolute Gasteiger partial charge is 0.299 e. The lowest BCUT2D eigenvalue weighted by Crippen LogP contribution is -2.12. The number of nitrogens with zero attached hydrogens (tertiary/aromatic N) is 2. The molecule has 0 aliphatic heterocycles. The number of hydrogen-bond donors (Lipinski definition) is 0. The number of carbonyl (C=O) groups is 1. The molecule has 96 valence electrons. The van der Waals surface area contributed by atoms with Gasteiger partial charge in [0, 0.05) is 19.4 Å². The van der Waals surface area contributed by atoms with Gasteiger partial charge in [0.15, 0.2) is 0 Å². The molecule has 0 radical (unpaired) electrons. The molecule has 1 aromatic rings. The van der Waals surface area contributed by atoms with Gasteiger partial charge in [-0.25, -0.2) is 0 Å². The third-order valence-corrected chi connectivity index (χ3v) is 3.58. The van der Waals surface area contributed by atoms with Gasteiger partial charge in [-0.15, -0.1) is 0 Å². The first-order chi connectivity index (χ1) is 7.99. The molecular formula is C13H21ClN2O. The second-order valence-corrected chi connectivity index (χ2v) is 4.97. The normalized spacial score (nSPS) is 12.8. The van der Waals surface area contributed by atoms with E-state index in [4.69, 9.17) is 11.6 Å². The number of rotatable bonds is 6. The van der Waals surface area contributed by atoms with Crippen LogP contribution in [0.4, 0.5) is 0 Å². The SMILES string of the molecule is CCC(C)CC(=O)Cc1c(Cl)c(C)nn1CC. The van der Waals surface area contributed by atoms with E-state index in [0.29, 0.717) is 23.8 Å². The summed E-state index contributed by atoms with van der Waals surface area (Å²) in [5.74, 6) is 0.691. The minimum Gasteiger partial charge on any atom is -0.299 e. The van der Waals surface area contributed by atoms with E-state index in [1.807, 2.05) is 18.5 Å². The van der Waals surface area contributed by atoms with E-state index < -0.39 is 0 Å². The molecule has 4 heteroatoms. The summed E-state index contributed by atoms with van der Waals surface area (Å²) in [6.07, 6.45) is 2.06. The summed E-state index contributed by atoms with van der Waals surface area (Å²) in [7, 11) is 0. The zero-order valence-corrected chi connectivity index (χ0v) is 11.8. The van der Waals surface area contributed by atoms with Crippen molar-refractivity contribution in [3.8, 4) is 0 Å². The molecule has 0 aliphatic rings. The first-order valence-corrected chi connectivity index (χ1v) is 6.60. The van der Waals surface area contributed by atoms with Gasteiger partial charge in [0.1, 0.15) is 5.78 Å². The van der Waals surface area contributed by atoms with Crippen molar-refractivity contribution >= 4 is 17.4 Å². The van der Waals surface area contributed by atoms with E-state index in [1.54, 1.807) is 0 Å². The van der Waals surface area contributed by atoms with Crippen LogP contribution in [0.3, 0.4) is 0 Å². The lowest BCUT2D eigenvalue weighted by molar-refractivity contribution is -0.119. The molecule has 1 unspecified atom stereocenters. The van der Waals surface area contributed by atoms with Crippen LogP contribution in [0.1, 0.15) is 45.0 Å². The molecule has 3 nitrogen and oxygen atoms in total. The quantitative estimate of drug-likeness (QED) is 0.782. The number of Topliss-reactive ketones (excluding diaryl/α,β-unsaturated/α-hetero) is 1. The lowest BCUT2D eigenvalue weighted by Gasteiger charge is -2.08. The predicted molar refractivity (Wildman–Crippen MR) is 70.4 cm³/mol. The van der Waals surface area contributed by atoms with Gasteiger partial charge in [0.2, 0.25) is 0 Å². The van der Waals surface area contributed by atoms with E-state index >= 15 is 0 Å². The highest BCUT2D eigenvalue weighted by molar-refractivity contribution is 6.32. The van der Waals surface area contributed by atoms with Crippen LogP contribution in [0, 0.1) is 12.8 Å². The second-order valence-electron chi connectivity index (χ2n) is 4.59. The summed E-state index contributed by atoms with van der Waals surface area (Å²) in [6.45, 7) is 8.83. The van der Waals surface area contributed by atoms with Crippen LogP contribution in [0.5, 0.6) is 0 Å². The van der Waals surface area contributed by atoms with E-state index in [0.717, 1.165) is 24.4 Å². The van der Waals surface area contributed by atoms with Crippen molar-refractivity contribution in [1.29, 1.82) is 0 Å². The molecule has 17 heavy (non-hydrogen) atoms. The van der Waals surface area contributed by atoms with Crippen molar-refractivity contribution in [2.75, 3.05) is 0 Å². The maximum Gasteiger partial charge on any atom is 0.139 e. The van der Waals surface area contributed by atoms with Crippen molar-refractivity contribution in [1.82, 2.24) is 9.78 Å². The minimum atomic E-state index is 0.246. The molecule has 0 bridgehead atoms.